The number of hydrogen-bond acceptors (Lipinski definition) is 6. The summed E-state index contributed by atoms with van der Waals surface area (Å²) in [5, 5.41) is 0. The third-order valence-electron chi connectivity index (χ3n) is 4.66. The number of carbonyl (C=O) groups excluding carboxylic acids is 1. The second-order valence-electron chi connectivity index (χ2n) is 8.04. The number of nitrogens with zero attached hydrogens (tertiary/aromatic N) is 4. The van der Waals surface area contributed by atoms with Crippen LogP contribution >= 0.6 is 15.9 Å². The maximum atomic E-state index is 12.2. The zero-order valence-electron chi connectivity index (χ0n) is 16.4. The van der Waals surface area contributed by atoms with Crippen molar-refractivity contribution in [1.29, 1.82) is 0 Å². The van der Waals surface area contributed by atoms with Crippen LogP contribution in [0, 0.1) is 0 Å². The van der Waals surface area contributed by atoms with E-state index in [4.69, 9.17) is 9.47 Å². The number of amides is 1. The van der Waals surface area contributed by atoms with Crippen LogP contribution in [0.25, 0.3) is 0 Å². The zero-order chi connectivity index (χ0) is 19.4. The van der Waals surface area contributed by atoms with Crippen molar-refractivity contribution in [3.8, 4) is 0 Å². The molecule has 3 rings (SSSR count). The molecule has 0 saturated carbocycles. The Morgan fingerprint density at radius 3 is 2.70 bits per heavy atom. The van der Waals surface area contributed by atoms with Crippen LogP contribution in [-0.4, -0.2) is 85.0 Å². The standard InChI is InChI=1S/C19H29BrN4O3/c1-19(2,3)27-18(25)23-8-6-22(7-9-23)13-16-14-24(10-11-26-16)17-12-15(20)4-5-21-17/h4-5,12,16H,6-11,13-14H2,1-3H3/t16-/m0/s1. The van der Waals surface area contributed by atoms with Crippen LogP contribution in [0.3, 0.4) is 0 Å². The van der Waals surface area contributed by atoms with E-state index in [1.54, 1.807) is 4.90 Å². The Morgan fingerprint density at radius 1 is 1.30 bits per heavy atom. The summed E-state index contributed by atoms with van der Waals surface area (Å²) in [6.45, 7) is 12.0. The molecule has 1 amide bonds. The Balaban J connectivity index is 1.47. The molecule has 0 radical (unpaired) electrons. The fourth-order valence-electron chi connectivity index (χ4n) is 3.33. The van der Waals surface area contributed by atoms with Crippen molar-refractivity contribution in [2.45, 2.75) is 32.5 Å². The maximum absolute atomic E-state index is 12.2. The Labute approximate surface area is 169 Å². The van der Waals surface area contributed by atoms with Gasteiger partial charge in [0.25, 0.3) is 0 Å². The van der Waals surface area contributed by atoms with Crippen molar-refractivity contribution in [1.82, 2.24) is 14.8 Å². The van der Waals surface area contributed by atoms with E-state index in [0.29, 0.717) is 19.7 Å². The Morgan fingerprint density at radius 2 is 2.04 bits per heavy atom. The molecule has 0 aliphatic carbocycles. The number of anilines is 1. The quantitative estimate of drug-likeness (QED) is 0.719. The molecule has 2 aliphatic rings. The number of ether oxygens (including phenoxy) is 2. The number of carbonyl (C=O) groups is 1. The second-order valence-corrected chi connectivity index (χ2v) is 8.95. The van der Waals surface area contributed by atoms with E-state index in [1.807, 2.05) is 39.1 Å². The highest BCUT2D eigenvalue weighted by molar-refractivity contribution is 9.10. The first-order valence-electron chi connectivity index (χ1n) is 9.48. The second kappa shape index (κ2) is 8.75. The van der Waals surface area contributed by atoms with Gasteiger partial charge in [-0.15, -0.1) is 0 Å². The molecule has 150 valence electrons. The molecule has 0 bridgehead atoms. The molecule has 7 nitrogen and oxygen atoms in total. The minimum Gasteiger partial charge on any atom is -0.444 e. The molecule has 1 atom stereocenters. The number of rotatable bonds is 3. The van der Waals surface area contributed by atoms with Gasteiger partial charge >= 0.3 is 6.09 Å². The van der Waals surface area contributed by atoms with Gasteiger partial charge in [0.05, 0.1) is 12.7 Å². The molecule has 2 saturated heterocycles. The Kier molecular flexibility index (Phi) is 6.60. The van der Waals surface area contributed by atoms with Crippen molar-refractivity contribution in [2.75, 3.05) is 57.3 Å². The molecule has 2 fully saturated rings. The van der Waals surface area contributed by atoms with Gasteiger partial charge in [0.15, 0.2) is 0 Å². The molecule has 8 heteroatoms. The lowest BCUT2D eigenvalue weighted by Gasteiger charge is -2.39. The predicted octanol–water partition coefficient (Wildman–Crippen LogP) is 2.60. The van der Waals surface area contributed by atoms with Crippen molar-refractivity contribution in [3.05, 3.63) is 22.8 Å². The van der Waals surface area contributed by atoms with Gasteiger partial charge in [0, 0.05) is 56.5 Å². The van der Waals surface area contributed by atoms with E-state index < -0.39 is 5.60 Å². The van der Waals surface area contributed by atoms with Crippen LogP contribution in [0.2, 0.25) is 0 Å². The van der Waals surface area contributed by atoms with E-state index in [-0.39, 0.29) is 12.2 Å². The molecule has 1 aromatic heterocycles. The average Bonchev–Trinajstić information content (AvgIpc) is 2.61. The summed E-state index contributed by atoms with van der Waals surface area (Å²) >= 11 is 3.51. The molecular formula is C19H29BrN4O3. The Hall–Kier alpha value is -1.38. The average molecular weight is 441 g/mol. The molecule has 1 aromatic rings. The van der Waals surface area contributed by atoms with Gasteiger partial charge in [0.2, 0.25) is 0 Å². The minimum absolute atomic E-state index is 0.146. The number of halogens is 1. The summed E-state index contributed by atoms with van der Waals surface area (Å²) in [4.78, 5) is 23.1. The summed E-state index contributed by atoms with van der Waals surface area (Å²) in [7, 11) is 0. The van der Waals surface area contributed by atoms with E-state index in [1.165, 1.54) is 0 Å². The fraction of sp³-hybridized carbons (Fsp3) is 0.684. The highest BCUT2D eigenvalue weighted by Crippen LogP contribution is 2.20. The van der Waals surface area contributed by atoms with Gasteiger partial charge in [-0.2, -0.15) is 0 Å². The highest BCUT2D eigenvalue weighted by Gasteiger charge is 2.28. The zero-order valence-corrected chi connectivity index (χ0v) is 17.9. The van der Waals surface area contributed by atoms with E-state index in [9.17, 15) is 4.79 Å². The summed E-state index contributed by atoms with van der Waals surface area (Å²) in [5.74, 6) is 0.979. The van der Waals surface area contributed by atoms with Crippen molar-refractivity contribution < 1.29 is 14.3 Å². The number of hydrogen-bond donors (Lipinski definition) is 0. The van der Waals surface area contributed by atoms with Gasteiger partial charge in [-0.1, -0.05) is 15.9 Å². The summed E-state index contributed by atoms with van der Waals surface area (Å²) in [6, 6.07) is 3.98. The highest BCUT2D eigenvalue weighted by atomic mass is 79.9. The normalized spacial score (nSPS) is 22.0. The monoisotopic (exact) mass is 440 g/mol. The van der Waals surface area contributed by atoms with Crippen LogP contribution in [0.4, 0.5) is 10.6 Å². The molecule has 3 heterocycles. The number of piperazine rings is 1. The van der Waals surface area contributed by atoms with E-state index >= 15 is 0 Å². The molecule has 27 heavy (non-hydrogen) atoms. The van der Waals surface area contributed by atoms with E-state index in [0.717, 1.165) is 43.0 Å². The van der Waals surface area contributed by atoms with E-state index in [2.05, 4.69) is 30.7 Å². The number of aromatic nitrogens is 1. The number of pyridine rings is 1. The van der Waals surface area contributed by atoms with Gasteiger partial charge in [-0.25, -0.2) is 9.78 Å². The summed E-state index contributed by atoms with van der Waals surface area (Å²) in [5.41, 5.74) is -0.450. The van der Waals surface area contributed by atoms with Gasteiger partial charge in [0.1, 0.15) is 11.4 Å². The molecule has 2 aliphatic heterocycles. The van der Waals surface area contributed by atoms with Crippen molar-refractivity contribution in [3.63, 3.8) is 0 Å². The van der Waals surface area contributed by atoms with Crippen LogP contribution in [0.1, 0.15) is 20.8 Å². The molecule has 0 N–H and O–H groups in total. The first-order chi connectivity index (χ1) is 12.8. The van der Waals surface area contributed by atoms with Crippen molar-refractivity contribution in [2.24, 2.45) is 0 Å². The lowest BCUT2D eigenvalue weighted by Crippen LogP contribution is -2.54. The van der Waals surface area contributed by atoms with Gasteiger partial charge < -0.3 is 19.3 Å². The first-order valence-corrected chi connectivity index (χ1v) is 10.3. The molecule has 0 aromatic carbocycles. The topological polar surface area (TPSA) is 58.1 Å². The lowest BCUT2D eigenvalue weighted by molar-refractivity contribution is -0.00612. The molecule has 0 unspecified atom stereocenters. The van der Waals surface area contributed by atoms with Crippen LogP contribution in [0.5, 0.6) is 0 Å². The van der Waals surface area contributed by atoms with Crippen LogP contribution in [-0.2, 0) is 9.47 Å². The SMILES string of the molecule is CC(C)(C)OC(=O)N1CCN(C[C@H]2CN(c3cc(Br)ccn3)CCO2)CC1. The largest absolute Gasteiger partial charge is 0.444 e. The lowest BCUT2D eigenvalue weighted by atomic mass is 10.2. The van der Waals surface area contributed by atoms with Crippen molar-refractivity contribution >= 4 is 27.8 Å². The summed E-state index contributed by atoms with van der Waals surface area (Å²) in [6.07, 6.45) is 1.75. The fourth-order valence-corrected chi connectivity index (χ4v) is 3.65. The van der Waals surface area contributed by atoms with Crippen LogP contribution < -0.4 is 4.90 Å². The molecular weight excluding hydrogens is 412 g/mol. The molecule has 0 spiro atoms. The number of morpholine rings is 1. The first kappa shape index (κ1) is 20.4. The van der Waals surface area contributed by atoms with Crippen LogP contribution in [0.15, 0.2) is 22.8 Å². The van der Waals surface area contributed by atoms with Gasteiger partial charge in [-0.3, -0.25) is 4.90 Å². The van der Waals surface area contributed by atoms with Gasteiger partial charge in [-0.05, 0) is 32.9 Å². The summed E-state index contributed by atoms with van der Waals surface area (Å²) < 4.78 is 12.5. The predicted molar refractivity (Wildman–Crippen MR) is 108 cm³/mol. The third-order valence-corrected chi connectivity index (χ3v) is 5.15. The smallest absolute Gasteiger partial charge is 0.410 e. The Bertz CT molecular complexity index is 644. The maximum Gasteiger partial charge on any atom is 0.410 e. The minimum atomic E-state index is -0.450. The third kappa shape index (κ3) is 6.05.